The van der Waals surface area contributed by atoms with Gasteiger partial charge in [-0.25, -0.2) is 4.79 Å². The van der Waals surface area contributed by atoms with Crippen LogP contribution in [0.2, 0.25) is 0 Å². The average Bonchev–Trinajstić information content (AvgIpc) is 2.72. The summed E-state index contributed by atoms with van der Waals surface area (Å²) in [5.41, 5.74) is 8.85. The average molecular weight is 437 g/mol. The van der Waals surface area contributed by atoms with Crippen LogP contribution < -0.4 is 0 Å². The minimum absolute atomic E-state index is 0.343. The lowest BCUT2D eigenvalue weighted by atomic mass is 9.89. The maximum Gasteiger partial charge on any atom is 0.335 e. The molecule has 0 heterocycles. The molecule has 0 saturated carbocycles. The zero-order valence-electron chi connectivity index (χ0n) is 16.6. The fraction of sp³-hybridized carbons (Fsp3) is 0.240. The van der Waals surface area contributed by atoms with Gasteiger partial charge in [0, 0.05) is 4.47 Å². The minimum atomic E-state index is -0.881. The van der Waals surface area contributed by atoms with Crippen molar-refractivity contribution in [3.05, 3.63) is 81.3 Å². The predicted octanol–water partition coefficient (Wildman–Crippen LogP) is 7.17. The number of carboxylic acid groups (broad SMARTS) is 1. The van der Waals surface area contributed by atoms with E-state index in [2.05, 4.69) is 73.1 Å². The third kappa shape index (κ3) is 4.05. The summed E-state index contributed by atoms with van der Waals surface area (Å²) in [5, 5.41) is 9.28. The highest BCUT2D eigenvalue weighted by atomic mass is 79.9. The molecule has 0 bridgehead atoms. The molecule has 0 saturated heterocycles. The van der Waals surface area contributed by atoms with Crippen LogP contribution in [-0.2, 0) is 19.3 Å². The van der Waals surface area contributed by atoms with Gasteiger partial charge in [-0.3, -0.25) is 0 Å². The molecule has 0 unspecified atom stereocenters. The van der Waals surface area contributed by atoms with E-state index in [1.54, 1.807) is 12.1 Å². The quantitative estimate of drug-likeness (QED) is 0.444. The molecule has 0 aromatic heterocycles. The van der Waals surface area contributed by atoms with Crippen molar-refractivity contribution < 1.29 is 9.90 Å². The predicted molar refractivity (Wildman–Crippen MR) is 120 cm³/mol. The number of hydrogen-bond acceptors (Lipinski definition) is 1. The number of aromatic carboxylic acids is 1. The van der Waals surface area contributed by atoms with Crippen molar-refractivity contribution in [3.63, 3.8) is 0 Å². The van der Waals surface area contributed by atoms with E-state index in [-0.39, 0.29) is 0 Å². The molecule has 3 rings (SSSR count). The Morgan fingerprint density at radius 1 is 0.750 bits per heavy atom. The first-order valence-corrected chi connectivity index (χ1v) is 10.6. The zero-order chi connectivity index (χ0) is 20.3. The Bertz CT molecular complexity index is 1020. The summed E-state index contributed by atoms with van der Waals surface area (Å²) < 4.78 is 1.11. The number of rotatable bonds is 6. The monoisotopic (exact) mass is 436 g/mol. The third-order valence-corrected chi connectivity index (χ3v) is 5.76. The fourth-order valence-corrected chi connectivity index (χ4v) is 4.14. The van der Waals surface area contributed by atoms with E-state index in [9.17, 15) is 9.90 Å². The summed E-state index contributed by atoms with van der Waals surface area (Å²) in [6, 6.07) is 18.5. The second kappa shape index (κ2) is 8.74. The molecule has 0 radical (unpaired) electrons. The number of aryl methyl sites for hydroxylation is 3. The van der Waals surface area contributed by atoms with Crippen LogP contribution in [0.15, 0.2) is 59.1 Å². The van der Waals surface area contributed by atoms with Gasteiger partial charge >= 0.3 is 5.97 Å². The van der Waals surface area contributed by atoms with Gasteiger partial charge in [-0.05, 0) is 82.5 Å². The molecular formula is C25H25BrO2. The smallest absolute Gasteiger partial charge is 0.335 e. The molecule has 0 aliphatic heterocycles. The van der Waals surface area contributed by atoms with Crippen molar-refractivity contribution in [2.24, 2.45) is 0 Å². The SMILES string of the molecule is CCc1cc(C(=O)O)ccc1-c1ccc(-c2ccc(Br)cc2CC)c(CC)c1. The normalized spacial score (nSPS) is 10.9. The van der Waals surface area contributed by atoms with Crippen LogP contribution in [0.5, 0.6) is 0 Å². The zero-order valence-corrected chi connectivity index (χ0v) is 18.1. The molecule has 1 N–H and O–H groups in total. The van der Waals surface area contributed by atoms with Gasteiger partial charge in [0.15, 0.2) is 0 Å². The highest BCUT2D eigenvalue weighted by Gasteiger charge is 2.13. The summed E-state index contributed by atoms with van der Waals surface area (Å²) in [4.78, 5) is 11.3. The molecular weight excluding hydrogens is 412 g/mol. The van der Waals surface area contributed by atoms with Crippen molar-refractivity contribution in [1.82, 2.24) is 0 Å². The molecule has 3 aromatic rings. The summed E-state index contributed by atoms with van der Waals surface area (Å²) in [5.74, 6) is -0.881. The Labute approximate surface area is 175 Å². The molecule has 0 aliphatic rings. The highest BCUT2D eigenvalue weighted by Crippen LogP contribution is 2.34. The molecule has 28 heavy (non-hydrogen) atoms. The standard InChI is InChI=1S/C25H25BrO2/c1-4-16-14-20(25(27)28)8-10-22(16)19-7-11-23(17(5-2)13-19)24-12-9-21(26)15-18(24)6-3/h7-15H,4-6H2,1-3H3,(H,27,28). The number of carboxylic acids is 1. The molecule has 0 aliphatic carbocycles. The van der Waals surface area contributed by atoms with E-state index in [4.69, 9.17) is 0 Å². The summed E-state index contributed by atoms with van der Waals surface area (Å²) in [7, 11) is 0. The summed E-state index contributed by atoms with van der Waals surface area (Å²) in [6.07, 6.45) is 2.72. The van der Waals surface area contributed by atoms with Crippen LogP contribution in [0, 0.1) is 0 Å². The highest BCUT2D eigenvalue weighted by molar-refractivity contribution is 9.10. The molecule has 0 fully saturated rings. The lowest BCUT2D eigenvalue weighted by Gasteiger charge is -2.16. The van der Waals surface area contributed by atoms with Gasteiger partial charge in [0.25, 0.3) is 0 Å². The van der Waals surface area contributed by atoms with Crippen molar-refractivity contribution >= 4 is 21.9 Å². The van der Waals surface area contributed by atoms with Crippen LogP contribution in [0.25, 0.3) is 22.3 Å². The van der Waals surface area contributed by atoms with Gasteiger partial charge in [0.05, 0.1) is 5.56 Å². The maximum absolute atomic E-state index is 11.3. The van der Waals surface area contributed by atoms with Gasteiger partial charge in [-0.15, -0.1) is 0 Å². The van der Waals surface area contributed by atoms with Gasteiger partial charge in [0.2, 0.25) is 0 Å². The van der Waals surface area contributed by atoms with E-state index in [0.29, 0.717) is 5.56 Å². The van der Waals surface area contributed by atoms with Crippen LogP contribution in [-0.4, -0.2) is 11.1 Å². The lowest BCUT2D eigenvalue weighted by molar-refractivity contribution is 0.0697. The van der Waals surface area contributed by atoms with Gasteiger partial charge < -0.3 is 5.11 Å². The number of halogens is 1. The van der Waals surface area contributed by atoms with Crippen LogP contribution in [0.4, 0.5) is 0 Å². The third-order valence-electron chi connectivity index (χ3n) is 5.27. The summed E-state index contributed by atoms with van der Waals surface area (Å²) >= 11 is 3.58. The molecule has 144 valence electrons. The van der Waals surface area contributed by atoms with Crippen LogP contribution in [0.1, 0.15) is 47.8 Å². The molecule has 3 heteroatoms. The van der Waals surface area contributed by atoms with E-state index in [1.165, 1.54) is 22.3 Å². The topological polar surface area (TPSA) is 37.3 Å². The number of benzene rings is 3. The Morgan fingerprint density at radius 2 is 1.29 bits per heavy atom. The largest absolute Gasteiger partial charge is 0.478 e. The number of hydrogen-bond donors (Lipinski definition) is 1. The Balaban J connectivity index is 2.12. The van der Waals surface area contributed by atoms with E-state index in [1.807, 2.05) is 6.07 Å². The van der Waals surface area contributed by atoms with E-state index >= 15 is 0 Å². The van der Waals surface area contributed by atoms with Gasteiger partial charge in [0.1, 0.15) is 0 Å². The van der Waals surface area contributed by atoms with E-state index < -0.39 is 5.97 Å². The van der Waals surface area contributed by atoms with Crippen molar-refractivity contribution in [3.8, 4) is 22.3 Å². The second-order valence-corrected chi connectivity index (χ2v) is 7.83. The molecule has 0 spiro atoms. The molecule has 3 aromatic carbocycles. The Kier molecular flexibility index (Phi) is 6.35. The molecule has 0 amide bonds. The van der Waals surface area contributed by atoms with Crippen molar-refractivity contribution in [1.29, 1.82) is 0 Å². The first-order valence-electron chi connectivity index (χ1n) is 9.76. The summed E-state index contributed by atoms with van der Waals surface area (Å²) in [6.45, 7) is 6.43. The van der Waals surface area contributed by atoms with Crippen LogP contribution >= 0.6 is 15.9 Å². The maximum atomic E-state index is 11.3. The first-order chi connectivity index (χ1) is 13.5. The first kappa shape index (κ1) is 20.3. The lowest BCUT2D eigenvalue weighted by Crippen LogP contribution is -1.99. The Morgan fingerprint density at radius 3 is 1.89 bits per heavy atom. The fourth-order valence-electron chi connectivity index (χ4n) is 3.73. The van der Waals surface area contributed by atoms with Gasteiger partial charge in [-0.2, -0.15) is 0 Å². The number of carbonyl (C=O) groups is 1. The second-order valence-electron chi connectivity index (χ2n) is 6.91. The van der Waals surface area contributed by atoms with Crippen molar-refractivity contribution in [2.75, 3.05) is 0 Å². The molecule has 2 nitrogen and oxygen atoms in total. The van der Waals surface area contributed by atoms with E-state index in [0.717, 1.165) is 40.4 Å². The van der Waals surface area contributed by atoms with Gasteiger partial charge in [-0.1, -0.05) is 67.0 Å². The van der Waals surface area contributed by atoms with Crippen molar-refractivity contribution in [2.45, 2.75) is 40.0 Å². The van der Waals surface area contributed by atoms with Crippen LogP contribution in [0.3, 0.4) is 0 Å². The minimum Gasteiger partial charge on any atom is -0.478 e. The Hall–Kier alpha value is -2.39. The molecule has 0 atom stereocenters.